The van der Waals surface area contributed by atoms with Crippen LogP contribution in [0.4, 0.5) is 11.4 Å². The molecular formula is C28H18N2O5S. The quantitative estimate of drug-likeness (QED) is 0.130. The van der Waals surface area contributed by atoms with Crippen molar-refractivity contribution in [1.29, 1.82) is 0 Å². The Bertz CT molecular complexity index is 1540. The van der Waals surface area contributed by atoms with E-state index >= 15 is 0 Å². The Morgan fingerprint density at radius 2 is 1.25 bits per heavy atom. The van der Waals surface area contributed by atoms with E-state index in [0.29, 0.717) is 22.3 Å². The molecule has 0 bridgehead atoms. The lowest BCUT2D eigenvalue weighted by molar-refractivity contribution is -0.384. The first-order chi connectivity index (χ1) is 17.3. The smallest absolute Gasteiger partial charge is 0.278 e. The van der Waals surface area contributed by atoms with E-state index in [-0.39, 0.29) is 22.1 Å². The van der Waals surface area contributed by atoms with Gasteiger partial charge in [-0.3, -0.25) is 25.0 Å². The minimum absolute atomic E-state index is 0.0586. The molecule has 36 heavy (non-hydrogen) atoms. The van der Waals surface area contributed by atoms with Crippen LogP contribution in [0, 0.1) is 32.1 Å². The van der Waals surface area contributed by atoms with Crippen LogP contribution in [0.25, 0.3) is 22.3 Å². The Hall–Kier alpha value is -4.74. The molecule has 0 aliphatic heterocycles. The number of nitro benzene ring substituents is 2. The van der Waals surface area contributed by atoms with E-state index < -0.39 is 9.85 Å². The predicted octanol–water partition coefficient (Wildman–Crippen LogP) is 6.88. The van der Waals surface area contributed by atoms with Crippen LogP contribution in [0.5, 0.6) is 0 Å². The molecule has 0 radical (unpaired) electrons. The van der Waals surface area contributed by atoms with Crippen LogP contribution < -0.4 is 0 Å². The third-order valence-electron chi connectivity index (χ3n) is 5.25. The van der Waals surface area contributed by atoms with E-state index in [4.69, 9.17) is 0 Å². The molecule has 0 spiro atoms. The van der Waals surface area contributed by atoms with Gasteiger partial charge < -0.3 is 0 Å². The average molecular weight is 495 g/mol. The molecule has 176 valence electrons. The molecule has 0 atom stereocenters. The Labute approximate surface area is 211 Å². The second kappa shape index (κ2) is 10.7. The van der Waals surface area contributed by atoms with Gasteiger partial charge in [-0.2, -0.15) is 0 Å². The van der Waals surface area contributed by atoms with Gasteiger partial charge in [0.25, 0.3) is 11.4 Å². The topological polar surface area (TPSA) is 103 Å². The van der Waals surface area contributed by atoms with Gasteiger partial charge in [0, 0.05) is 35.1 Å². The molecule has 4 aromatic carbocycles. The minimum Gasteiger partial charge on any atom is -0.287 e. The van der Waals surface area contributed by atoms with Crippen molar-refractivity contribution in [1.82, 2.24) is 0 Å². The van der Waals surface area contributed by atoms with Crippen LogP contribution >= 0.6 is 11.8 Å². The normalized spacial score (nSPS) is 10.2. The lowest BCUT2D eigenvalue weighted by atomic mass is 9.96. The summed E-state index contributed by atoms with van der Waals surface area (Å²) in [6, 6.07) is 25.2. The number of benzene rings is 4. The Morgan fingerprint density at radius 1 is 0.694 bits per heavy atom. The van der Waals surface area contributed by atoms with Crippen LogP contribution in [0.2, 0.25) is 0 Å². The number of nitro groups is 2. The molecule has 0 N–H and O–H groups in total. The molecule has 0 amide bonds. The first kappa shape index (κ1) is 24.4. The molecule has 8 heteroatoms. The Kier molecular flexibility index (Phi) is 7.23. The Morgan fingerprint density at radius 3 is 1.89 bits per heavy atom. The van der Waals surface area contributed by atoms with Gasteiger partial charge >= 0.3 is 0 Å². The van der Waals surface area contributed by atoms with Gasteiger partial charge in [-0.15, -0.1) is 0 Å². The summed E-state index contributed by atoms with van der Waals surface area (Å²) in [5, 5.41) is 23.7. The van der Waals surface area contributed by atoms with Crippen molar-refractivity contribution >= 4 is 28.3 Å². The van der Waals surface area contributed by atoms with Gasteiger partial charge in [0.05, 0.1) is 21.0 Å². The van der Waals surface area contributed by atoms with Gasteiger partial charge in [-0.05, 0) is 53.6 Å². The highest BCUT2D eigenvalue weighted by Gasteiger charge is 2.21. The van der Waals surface area contributed by atoms with Crippen molar-refractivity contribution in [3.63, 3.8) is 0 Å². The minimum atomic E-state index is -0.520. The summed E-state index contributed by atoms with van der Waals surface area (Å²) in [5.74, 6) is 5.89. The summed E-state index contributed by atoms with van der Waals surface area (Å²) >= 11 is 1.07. The zero-order chi connectivity index (χ0) is 25.7. The molecule has 4 rings (SSSR count). The fourth-order valence-corrected chi connectivity index (χ4v) is 4.24. The maximum absolute atomic E-state index is 11.9. The zero-order valence-corrected chi connectivity index (χ0v) is 19.8. The number of carbonyl (C=O) groups excluding carboxylic acids is 1. The molecule has 4 aromatic rings. The van der Waals surface area contributed by atoms with Crippen molar-refractivity contribution in [2.45, 2.75) is 11.8 Å². The molecule has 0 saturated heterocycles. The number of thioether (sulfide) groups is 1. The SMILES string of the molecule is CC(=O)Sc1ccc(-c2ccc(-c3ccc(C#Cc4ccccc4)cc3[N+](=O)[O-])cc2[N+](=O)[O-])cc1. The highest BCUT2D eigenvalue weighted by molar-refractivity contribution is 8.13. The van der Waals surface area contributed by atoms with Crippen molar-refractivity contribution in [3.05, 3.63) is 122 Å². The second-order valence-electron chi connectivity index (χ2n) is 7.71. The van der Waals surface area contributed by atoms with Crippen LogP contribution in [-0.2, 0) is 4.79 Å². The molecule has 0 fully saturated rings. The van der Waals surface area contributed by atoms with E-state index in [2.05, 4.69) is 11.8 Å². The summed E-state index contributed by atoms with van der Waals surface area (Å²) in [4.78, 5) is 34.7. The van der Waals surface area contributed by atoms with Gasteiger partial charge in [-0.1, -0.05) is 60.0 Å². The second-order valence-corrected chi connectivity index (χ2v) is 8.96. The monoisotopic (exact) mass is 494 g/mol. The third kappa shape index (κ3) is 5.66. The summed E-state index contributed by atoms with van der Waals surface area (Å²) in [5.41, 5.74) is 2.45. The third-order valence-corrected chi connectivity index (χ3v) is 6.05. The van der Waals surface area contributed by atoms with E-state index in [1.165, 1.54) is 19.1 Å². The van der Waals surface area contributed by atoms with Gasteiger partial charge in [-0.25, -0.2) is 0 Å². The molecular weight excluding hydrogens is 476 g/mol. The van der Waals surface area contributed by atoms with Crippen molar-refractivity contribution in [2.24, 2.45) is 0 Å². The van der Waals surface area contributed by atoms with Crippen molar-refractivity contribution in [2.75, 3.05) is 0 Å². The molecule has 0 aliphatic carbocycles. The molecule has 0 aliphatic rings. The maximum atomic E-state index is 11.9. The average Bonchev–Trinajstić information content (AvgIpc) is 2.87. The maximum Gasteiger partial charge on any atom is 0.278 e. The molecule has 0 aromatic heterocycles. The number of nitrogens with zero attached hydrogens (tertiary/aromatic N) is 2. The van der Waals surface area contributed by atoms with Crippen LogP contribution in [0.3, 0.4) is 0 Å². The van der Waals surface area contributed by atoms with Gasteiger partial charge in [0.1, 0.15) is 0 Å². The molecule has 0 unspecified atom stereocenters. The van der Waals surface area contributed by atoms with Crippen LogP contribution in [0.15, 0.2) is 95.9 Å². The Balaban J connectivity index is 1.72. The number of rotatable bonds is 5. The summed E-state index contributed by atoms with van der Waals surface area (Å²) in [6.45, 7) is 1.46. The van der Waals surface area contributed by atoms with E-state index in [1.54, 1.807) is 48.5 Å². The van der Waals surface area contributed by atoms with E-state index in [1.807, 2.05) is 30.3 Å². The number of hydrogen-bond acceptors (Lipinski definition) is 6. The predicted molar refractivity (Wildman–Crippen MR) is 140 cm³/mol. The fourth-order valence-electron chi connectivity index (χ4n) is 3.63. The van der Waals surface area contributed by atoms with E-state index in [0.717, 1.165) is 22.2 Å². The van der Waals surface area contributed by atoms with Crippen molar-refractivity contribution < 1.29 is 14.6 Å². The standard InChI is InChI=1S/C28H18N2O5S/c1-19(31)36-24-13-10-22(11-14-24)25-16-12-23(18-28(25)30(34)35)26-15-9-21(17-27(26)29(32)33)8-7-20-5-3-2-4-6-20/h2-6,9-18H,1H3. The molecule has 0 saturated carbocycles. The summed E-state index contributed by atoms with van der Waals surface area (Å²) in [6.07, 6.45) is 0. The molecule has 7 nitrogen and oxygen atoms in total. The highest BCUT2D eigenvalue weighted by atomic mass is 32.2. The number of carbonyl (C=O) groups is 1. The van der Waals surface area contributed by atoms with Gasteiger partial charge in [0.2, 0.25) is 0 Å². The first-order valence-electron chi connectivity index (χ1n) is 10.7. The lowest BCUT2D eigenvalue weighted by Gasteiger charge is -2.08. The van der Waals surface area contributed by atoms with Crippen LogP contribution in [0.1, 0.15) is 18.1 Å². The fraction of sp³-hybridized carbons (Fsp3) is 0.0357. The zero-order valence-electron chi connectivity index (χ0n) is 19.0. The van der Waals surface area contributed by atoms with E-state index in [9.17, 15) is 25.0 Å². The largest absolute Gasteiger partial charge is 0.287 e. The van der Waals surface area contributed by atoms with Gasteiger partial charge in [0.15, 0.2) is 5.12 Å². The lowest BCUT2D eigenvalue weighted by Crippen LogP contribution is -1.96. The summed E-state index contributed by atoms with van der Waals surface area (Å²) in [7, 11) is 0. The first-order valence-corrected chi connectivity index (χ1v) is 11.6. The van der Waals surface area contributed by atoms with Crippen LogP contribution in [-0.4, -0.2) is 15.0 Å². The highest BCUT2D eigenvalue weighted by Crippen LogP contribution is 2.38. The number of hydrogen-bond donors (Lipinski definition) is 0. The van der Waals surface area contributed by atoms with Crippen molar-refractivity contribution in [3.8, 4) is 34.1 Å². The summed E-state index contributed by atoms with van der Waals surface area (Å²) < 4.78 is 0. The molecule has 0 heterocycles.